The van der Waals surface area contributed by atoms with E-state index in [1.54, 1.807) is 0 Å². The molecule has 0 saturated carbocycles. The van der Waals surface area contributed by atoms with E-state index in [2.05, 4.69) is 42.5 Å². The van der Waals surface area contributed by atoms with E-state index in [9.17, 15) is 0 Å². The predicted octanol–water partition coefficient (Wildman–Crippen LogP) is 3.37. The molecule has 0 aromatic carbocycles. The van der Waals surface area contributed by atoms with Crippen molar-refractivity contribution in [3.63, 3.8) is 0 Å². The highest BCUT2D eigenvalue weighted by molar-refractivity contribution is 7.10. The molecule has 82 valence electrons. The van der Waals surface area contributed by atoms with Crippen LogP contribution in [0.25, 0.3) is 0 Å². The second kappa shape index (κ2) is 6.66. The van der Waals surface area contributed by atoms with Crippen LogP contribution in [-0.2, 0) is 6.42 Å². The molecule has 1 heterocycles. The Hall–Kier alpha value is -0.780. The fourth-order valence-electron chi connectivity index (χ4n) is 1.65. The summed E-state index contributed by atoms with van der Waals surface area (Å²) in [5, 5.41) is 5.68. The zero-order valence-corrected chi connectivity index (χ0v) is 10.6. The lowest BCUT2D eigenvalue weighted by Gasteiger charge is -2.15. The van der Waals surface area contributed by atoms with Crippen LogP contribution in [0.5, 0.6) is 0 Å². The van der Waals surface area contributed by atoms with Gasteiger partial charge in [0.25, 0.3) is 0 Å². The van der Waals surface area contributed by atoms with E-state index in [0.29, 0.717) is 6.04 Å². The van der Waals surface area contributed by atoms with E-state index in [-0.39, 0.29) is 0 Å². The molecule has 0 aliphatic rings. The maximum absolute atomic E-state index is 3.50. The third-order valence-electron chi connectivity index (χ3n) is 2.41. The van der Waals surface area contributed by atoms with Crippen LogP contribution in [0.3, 0.4) is 0 Å². The van der Waals surface area contributed by atoms with Crippen molar-refractivity contribution in [2.75, 3.05) is 6.54 Å². The average molecular weight is 221 g/mol. The Morgan fingerprint density at radius 3 is 2.87 bits per heavy atom. The van der Waals surface area contributed by atoms with Gasteiger partial charge in [0.1, 0.15) is 0 Å². The molecule has 0 aliphatic carbocycles. The Bertz CT molecular complexity index is 343. The smallest absolute Gasteiger partial charge is 0.0528 e. The van der Waals surface area contributed by atoms with Gasteiger partial charge in [-0.2, -0.15) is 0 Å². The molecule has 0 saturated heterocycles. The first-order valence-corrected chi connectivity index (χ1v) is 6.40. The van der Waals surface area contributed by atoms with Crippen LogP contribution in [0.1, 0.15) is 43.7 Å². The Kier molecular flexibility index (Phi) is 5.45. The normalized spacial score (nSPS) is 11.9. The molecule has 15 heavy (non-hydrogen) atoms. The van der Waals surface area contributed by atoms with E-state index in [0.717, 1.165) is 19.4 Å². The van der Waals surface area contributed by atoms with Crippen LogP contribution < -0.4 is 5.32 Å². The number of nitrogens with one attached hydrogen (secondary N) is 1. The Morgan fingerprint density at radius 2 is 2.27 bits per heavy atom. The molecule has 0 spiro atoms. The van der Waals surface area contributed by atoms with Gasteiger partial charge in [-0.15, -0.1) is 23.2 Å². The molecular weight excluding hydrogens is 202 g/mol. The van der Waals surface area contributed by atoms with Crippen molar-refractivity contribution < 1.29 is 0 Å². The number of thiophene rings is 1. The number of hydrogen-bond acceptors (Lipinski definition) is 2. The van der Waals surface area contributed by atoms with Gasteiger partial charge in [-0.1, -0.05) is 13.8 Å². The quantitative estimate of drug-likeness (QED) is 0.752. The maximum Gasteiger partial charge on any atom is 0.0528 e. The summed E-state index contributed by atoms with van der Waals surface area (Å²) in [6.45, 7) is 7.25. The van der Waals surface area contributed by atoms with Gasteiger partial charge in [0.2, 0.25) is 0 Å². The highest BCUT2D eigenvalue weighted by atomic mass is 32.1. The molecule has 0 amide bonds. The summed E-state index contributed by atoms with van der Waals surface area (Å²) in [7, 11) is 0. The lowest BCUT2D eigenvalue weighted by atomic mass is 10.1. The lowest BCUT2D eigenvalue weighted by molar-refractivity contribution is 0.570. The van der Waals surface area contributed by atoms with Crippen molar-refractivity contribution in [2.24, 2.45) is 0 Å². The summed E-state index contributed by atoms with van der Waals surface area (Å²) in [6.07, 6.45) is 2.03. The molecule has 2 heteroatoms. The van der Waals surface area contributed by atoms with Crippen LogP contribution in [0.15, 0.2) is 11.4 Å². The molecular formula is C13H19NS. The van der Waals surface area contributed by atoms with Crippen LogP contribution in [0.2, 0.25) is 0 Å². The minimum atomic E-state index is 0.414. The average Bonchev–Trinajstić information content (AvgIpc) is 2.72. The third-order valence-corrected chi connectivity index (χ3v) is 3.48. The van der Waals surface area contributed by atoms with E-state index in [1.165, 1.54) is 10.4 Å². The summed E-state index contributed by atoms with van der Waals surface area (Å²) in [5.74, 6) is 6.14. The molecule has 1 atom stereocenters. The fourth-order valence-corrected chi connectivity index (χ4v) is 2.73. The second-order valence-corrected chi connectivity index (χ2v) is 4.35. The summed E-state index contributed by atoms with van der Waals surface area (Å²) in [4.78, 5) is 1.46. The minimum absolute atomic E-state index is 0.414. The highest BCUT2D eigenvalue weighted by Crippen LogP contribution is 2.26. The Labute approximate surface area is 96.9 Å². The van der Waals surface area contributed by atoms with Gasteiger partial charge in [0.15, 0.2) is 0 Å². The minimum Gasteiger partial charge on any atom is -0.309 e. The highest BCUT2D eigenvalue weighted by Gasteiger charge is 2.13. The van der Waals surface area contributed by atoms with Gasteiger partial charge < -0.3 is 5.32 Å². The van der Waals surface area contributed by atoms with Gasteiger partial charge in [-0.05, 0) is 36.9 Å². The first-order chi connectivity index (χ1) is 7.33. The lowest BCUT2D eigenvalue weighted by Crippen LogP contribution is -2.20. The van der Waals surface area contributed by atoms with E-state index in [4.69, 9.17) is 0 Å². The maximum atomic E-state index is 3.50. The second-order valence-electron chi connectivity index (χ2n) is 3.40. The van der Waals surface area contributed by atoms with Crippen LogP contribution in [0, 0.1) is 11.8 Å². The van der Waals surface area contributed by atoms with Gasteiger partial charge in [-0.3, -0.25) is 0 Å². The van der Waals surface area contributed by atoms with Crippen LogP contribution in [-0.4, -0.2) is 6.54 Å². The molecule has 0 radical (unpaired) electrons. The van der Waals surface area contributed by atoms with Crippen LogP contribution in [0.4, 0.5) is 0 Å². The van der Waals surface area contributed by atoms with Gasteiger partial charge in [0, 0.05) is 11.3 Å². The van der Waals surface area contributed by atoms with Crippen molar-refractivity contribution >= 4 is 11.3 Å². The third kappa shape index (κ3) is 3.37. The SMILES string of the molecule is CC#CCC(NCC)c1sccc1CC. The van der Waals surface area contributed by atoms with Crippen molar-refractivity contribution in [1.82, 2.24) is 5.32 Å². The fraction of sp³-hybridized carbons (Fsp3) is 0.538. The van der Waals surface area contributed by atoms with Crippen molar-refractivity contribution in [3.8, 4) is 11.8 Å². The molecule has 0 fully saturated rings. The summed E-state index contributed by atoms with van der Waals surface area (Å²) in [6, 6.07) is 2.64. The van der Waals surface area contributed by atoms with Crippen LogP contribution >= 0.6 is 11.3 Å². The zero-order chi connectivity index (χ0) is 11.1. The summed E-state index contributed by atoms with van der Waals surface area (Å²) >= 11 is 1.84. The van der Waals surface area contributed by atoms with Crippen molar-refractivity contribution in [2.45, 2.75) is 39.7 Å². The molecule has 0 aliphatic heterocycles. The molecule has 1 aromatic heterocycles. The molecule has 1 rings (SSSR count). The Balaban J connectivity index is 2.80. The number of rotatable bonds is 5. The van der Waals surface area contributed by atoms with Crippen molar-refractivity contribution in [1.29, 1.82) is 0 Å². The molecule has 1 N–H and O–H groups in total. The monoisotopic (exact) mass is 221 g/mol. The number of aryl methyl sites for hydroxylation is 1. The van der Waals surface area contributed by atoms with Gasteiger partial charge >= 0.3 is 0 Å². The van der Waals surface area contributed by atoms with Gasteiger partial charge in [0.05, 0.1) is 6.04 Å². The zero-order valence-electron chi connectivity index (χ0n) is 9.76. The van der Waals surface area contributed by atoms with E-state index in [1.807, 2.05) is 18.3 Å². The largest absolute Gasteiger partial charge is 0.309 e. The first-order valence-electron chi connectivity index (χ1n) is 5.52. The van der Waals surface area contributed by atoms with Crippen molar-refractivity contribution in [3.05, 3.63) is 21.9 Å². The van der Waals surface area contributed by atoms with Gasteiger partial charge in [-0.25, -0.2) is 0 Å². The van der Waals surface area contributed by atoms with E-state index < -0.39 is 0 Å². The number of hydrogen-bond donors (Lipinski definition) is 1. The standard InChI is InChI=1S/C13H19NS/c1-4-7-8-12(14-6-3)13-11(5-2)9-10-15-13/h9-10,12,14H,5-6,8H2,1-3H3. The topological polar surface area (TPSA) is 12.0 Å². The van der Waals surface area contributed by atoms with E-state index >= 15 is 0 Å². The Morgan fingerprint density at radius 1 is 1.47 bits per heavy atom. The molecule has 1 nitrogen and oxygen atoms in total. The summed E-state index contributed by atoms with van der Waals surface area (Å²) < 4.78 is 0. The molecule has 1 aromatic rings. The summed E-state index contributed by atoms with van der Waals surface area (Å²) in [5.41, 5.74) is 1.46. The first kappa shape index (κ1) is 12.3. The molecule has 0 bridgehead atoms. The predicted molar refractivity (Wildman–Crippen MR) is 68.2 cm³/mol. The molecule has 1 unspecified atom stereocenters.